The van der Waals surface area contributed by atoms with E-state index in [-0.39, 0.29) is 31.0 Å². The SMILES string of the molecule is NC1=NC(=O)C2=C(CC=C2CCc2ccc(C(=O)C[C@@H](CCC(=O)O)C(=O)O)cc2)C1. The van der Waals surface area contributed by atoms with Crippen molar-refractivity contribution >= 4 is 29.5 Å². The van der Waals surface area contributed by atoms with Crippen LogP contribution in [0.3, 0.4) is 0 Å². The van der Waals surface area contributed by atoms with Gasteiger partial charge >= 0.3 is 11.9 Å². The molecule has 0 radical (unpaired) electrons. The van der Waals surface area contributed by atoms with E-state index < -0.39 is 17.9 Å². The summed E-state index contributed by atoms with van der Waals surface area (Å²) in [5.74, 6) is -3.54. The highest BCUT2D eigenvalue weighted by Gasteiger charge is 2.27. The zero-order chi connectivity index (χ0) is 22.5. The molecule has 1 aromatic carbocycles. The molecule has 1 atom stereocenters. The number of allylic oxidation sites excluding steroid dienone is 1. The molecule has 0 saturated heterocycles. The number of carboxylic acid groups (broad SMARTS) is 2. The summed E-state index contributed by atoms with van der Waals surface area (Å²) >= 11 is 0. The van der Waals surface area contributed by atoms with Gasteiger partial charge in [-0.1, -0.05) is 30.3 Å². The molecule has 162 valence electrons. The van der Waals surface area contributed by atoms with Crippen LogP contribution in [0.25, 0.3) is 0 Å². The summed E-state index contributed by atoms with van der Waals surface area (Å²) in [6.45, 7) is 0. The maximum Gasteiger partial charge on any atom is 0.306 e. The predicted molar refractivity (Wildman–Crippen MR) is 113 cm³/mol. The maximum absolute atomic E-state index is 12.4. The molecule has 0 fully saturated rings. The first-order chi connectivity index (χ1) is 14.7. The first kappa shape index (κ1) is 22.1. The van der Waals surface area contributed by atoms with Gasteiger partial charge in [0.05, 0.1) is 5.92 Å². The number of rotatable bonds is 10. The van der Waals surface area contributed by atoms with E-state index in [0.29, 0.717) is 42.7 Å². The molecule has 1 aromatic rings. The number of hydrogen-bond donors (Lipinski definition) is 3. The minimum atomic E-state index is -1.17. The van der Waals surface area contributed by atoms with Crippen molar-refractivity contribution < 1.29 is 29.4 Å². The summed E-state index contributed by atoms with van der Waals surface area (Å²) in [4.78, 5) is 50.4. The molecule has 1 aliphatic heterocycles. The number of nitrogens with zero attached hydrogens (tertiary/aromatic N) is 1. The zero-order valence-electron chi connectivity index (χ0n) is 17.0. The Labute approximate surface area is 179 Å². The van der Waals surface area contributed by atoms with E-state index in [4.69, 9.17) is 10.8 Å². The van der Waals surface area contributed by atoms with Crippen LogP contribution in [-0.2, 0) is 20.8 Å². The highest BCUT2D eigenvalue weighted by Crippen LogP contribution is 2.34. The highest BCUT2D eigenvalue weighted by molar-refractivity contribution is 6.10. The van der Waals surface area contributed by atoms with Crippen molar-refractivity contribution in [2.45, 2.75) is 44.9 Å². The average molecular weight is 424 g/mol. The van der Waals surface area contributed by atoms with Gasteiger partial charge in [0.1, 0.15) is 5.84 Å². The first-order valence-electron chi connectivity index (χ1n) is 10.1. The molecule has 3 rings (SSSR count). The van der Waals surface area contributed by atoms with Gasteiger partial charge in [-0.2, -0.15) is 4.99 Å². The number of ketones is 1. The molecular formula is C23H24N2O6. The number of dihydropyridines is 1. The van der Waals surface area contributed by atoms with Crippen LogP contribution in [0.15, 0.2) is 52.1 Å². The van der Waals surface area contributed by atoms with Crippen molar-refractivity contribution in [3.05, 3.63) is 58.2 Å². The van der Waals surface area contributed by atoms with Crippen LogP contribution >= 0.6 is 0 Å². The monoisotopic (exact) mass is 424 g/mol. The van der Waals surface area contributed by atoms with E-state index in [2.05, 4.69) is 4.99 Å². The molecule has 0 unspecified atom stereocenters. The number of amides is 1. The number of aliphatic imine (C=N–C) groups is 1. The van der Waals surface area contributed by atoms with Crippen molar-refractivity contribution in [1.82, 2.24) is 0 Å². The molecule has 2 aliphatic rings. The Hall–Kier alpha value is -3.55. The lowest BCUT2D eigenvalue weighted by molar-refractivity contribution is -0.142. The Morgan fingerprint density at radius 2 is 1.81 bits per heavy atom. The molecule has 8 heteroatoms. The third-order valence-corrected chi connectivity index (χ3v) is 5.57. The summed E-state index contributed by atoms with van der Waals surface area (Å²) in [5.41, 5.74) is 9.74. The second kappa shape index (κ2) is 9.51. The third-order valence-electron chi connectivity index (χ3n) is 5.57. The Kier molecular flexibility index (Phi) is 6.79. The summed E-state index contributed by atoms with van der Waals surface area (Å²) in [5, 5.41) is 18.0. The second-order valence-electron chi connectivity index (χ2n) is 7.79. The van der Waals surface area contributed by atoms with E-state index in [1.54, 1.807) is 12.1 Å². The Morgan fingerprint density at radius 1 is 1.10 bits per heavy atom. The average Bonchev–Trinajstić information content (AvgIpc) is 3.12. The van der Waals surface area contributed by atoms with Crippen LogP contribution < -0.4 is 5.73 Å². The standard InChI is InChI=1S/C23H24N2O6/c24-19-12-16-8-7-15(21(16)22(29)25-19)6-3-13-1-4-14(5-2-13)18(26)11-17(23(30)31)9-10-20(27)28/h1-2,4-5,7,17H,3,6,8-12H2,(H,27,28)(H,30,31)(H2,24,25,29)/t17-/m1/s1. The van der Waals surface area contributed by atoms with Gasteiger partial charge in [-0.25, -0.2) is 0 Å². The van der Waals surface area contributed by atoms with Crippen molar-refractivity contribution in [3.63, 3.8) is 0 Å². The smallest absolute Gasteiger partial charge is 0.306 e. The number of amidine groups is 1. The van der Waals surface area contributed by atoms with Gasteiger partial charge in [0.2, 0.25) is 0 Å². The molecule has 0 saturated carbocycles. The summed E-state index contributed by atoms with van der Waals surface area (Å²) < 4.78 is 0. The molecular weight excluding hydrogens is 400 g/mol. The molecule has 31 heavy (non-hydrogen) atoms. The molecule has 1 amide bonds. The number of carboxylic acids is 2. The van der Waals surface area contributed by atoms with Gasteiger partial charge in [0.15, 0.2) is 5.78 Å². The van der Waals surface area contributed by atoms with Crippen molar-refractivity contribution in [2.75, 3.05) is 0 Å². The highest BCUT2D eigenvalue weighted by atomic mass is 16.4. The van der Waals surface area contributed by atoms with Crippen LogP contribution in [0.4, 0.5) is 0 Å². The lowest BCUT2D eigenvalue weighted by atomic mass is 9.93. The number of aryl methyl sites for hydroxylation is 1. The third kappa shape index (κ3) is 5.53. The minimum absolute atomic E-state index is 0.0874. The van der Waals surface area contributed by atoms with Crippen LogP contribution in [0.5, 0.6) is 0 Å². The van der Waals surface area contributed by atoms with Crippen molar-refractivity contribution in [3.8, 4) is 0 Å². The van der Waals surface area contributed by atoms with Crippen molar-refractivity contribution in [1.29, 1.82) is 0 Å². The van der Waals surface area contributed by atoms with Crippen LogP contribution in [0.2, 0.25) is 0 Å². The van der Waals surface area contributed by atoms with Gasteiger partial charge in [-0.05, 0) is 42.4 Å². The molecule has 0 bridgehead atoms. The lowest BCUT2D eigenvalue weighted by Crippen LogP contribution is -2.21. The summed E-state index contributed by atoms with van der Waals surface area (Å²) in [6.07, 6.45) is 4.01. The van der Waals surface area contributed by atoms with E-state index in [0.717, 1.165) is 16.7 Å². The van der Waals surface area contributed by atoms with Crippen molar-refractivity contribution in [2.24, 2.45) is 16.6 Å². The van der Waals surface area contributed by atoms with Crippen LogP contribution in [0, 0.1) is 5.92 Å². The molecule has 1 heterocycles. The normalized spacial score (nSPS) is 16.5. The number of nitrogens with two attached hydrogens (primary N) is 1. The summed E-state index contributed by atoms with van der Waals surface area (Å²) in [6, 6.07) is 6.92. The Morgan fingerprint density at radius 3 is 2.45 bits per heavy atom. The lowest BCUT2D eigenvalue weighted by Gasteiger charge is -2.13. The molecule has 8 nitrogen and oxygen atoms in total. The number of carbonyl (C=O) groups is 4. The van der Waals surface area contributed by atoms with E-state index in [1.807, 2.05) is 18.2 Å². The minimum Gasteiger partial charge on any atom is -0.481 e. The van der Waals surface area contributed by atoms with Gasteiger partial charge in [0.25, 0.3) is 5.91 Å². The fourth-order valence-corrected chi connectivity index (χ4v) is 3.89. The topological polar surface area (TPSA) is 147 Å². The fourth-order valence-electron chi connectivity index (χ4n) is 3.89. The van der Waals surface area contributed by atoms with E-state index >= 15 is 0 Å². The number of aliphatic carboxylic acids is 2. The second-order valence-corrected chi connectivity index (χ2v) is 7.79. The first-order valence-corrected chi connectivity index (χ1v) is 10.1. The number of carbonyl (C=O) groups excluding carboxylic acids is 2. The van der Waals surface area contributed by atoms with Gasteiger partial charge in [-0.15, -0.1) is 0 Å². The molecule has 0 aromatic heterocycles. The largest absolute Gasteiger partial charge is 0.481 e. The number of Topliss-reactive ketones (excluding diaryl/α,β-unsaturated/α-hetero) is 1. The van der Waals surface area contributed by atoms with E-state index in [9.17, 15) is 24.3 Å². The number of benzene rings is 1. The van der Waals surface area contributed by atoms with E-state index in [1.165, 1.54) is 0 Å². The Bertz CT molecular complexity index is 1020. The quantitative estimate of drug-likeness (QED) is 0.489. The predicted octanol–water partition coefficient (Wildman–Crippen LogP) is 2.67. The zero-order valence-corrected chi connectivity index (χ0v) is 17.0. The molecule has 1 aliphatic carbocycles. The number of hydrogen-bond acceptors (Lipinski definition) is 5. The Balaban J connectivity index is 1.57. The molecule has 4 N–H and O–H groups in total. The summed E-state index contributed by atoms with van der Waals surface area (Å²) in [7, 11) is 0. The van der Waals surface area contributed by atoms with Crippen LogP contribution in [0.1, 0.15) is 54.4 Å². The maximum atomic E-state index is 12.4. The van der Waals surface area contributed by atoms with Gasteiger partial charge < -0.3 is 15.9 Å². The van der Waals surface area contributed by atoms with Gasteiger partial charge in [-0.3, -0.25) is 19.2 Å². The van der Waals surface area contributed by atoms with Gasteiger partial charge in [0, 0.05) is 30.4 Å². The fraction of sp³-hybridized carbons (Fsp3) is 0.348. The molecule has 0 spiro atoms. The van der Waals surface area contributed by atoms with Crippen LogP contribution in [-0.4, -0.2) is 39.7 Å².